The van der Waals surface area contributed by atoms with E-state index in [1.165, 1.54) is 0 Å². The lowest BCUT2D eigenvalue weighted by Gasteiger charge is -2.13. The van der Waals surface area contributed by atoms with Crippen LogP contribution in [0.25, 0.3) is 0 Å². The third-order valence-corrected chi connectivity index (χ3v) is 3.62. The van der Waals surface area contributed by atoms with Gasteiger partial charge in [-0.3, -0.25) is 0 Å². The van der Waals surface area contributed by atoms with Gasteiger partial charge in [0.1, 0.15) is 16.6 Å². The molecule has 21 heavy (non-hydrogen) atoms. The van der Waals surface area contributed by atoms with E-state index in [-0.39, 0.29) is 0 Å². The number of anilines is 2. The zero-order valence-corrected chi connectivity index (χ0v) is 13.6. The second-order valence-electron chi connectivity index (χ2n) is 4.67. The van der Waals surface area contributed by atoms with Crippen LogP contribution in [0.5, 0.6) is 5.75 Å². The Kier molecular flexibility index (Phi) is 4.65. The van der Waals surface area contributed by atoms with Crippen molar-refractivity contribution in [1.29, 1.82) is 0 Å². The minimum Gasteiger partial charge on any atom is -0.495 e. The van der Waals surface area contributed by atoms with E-state index < -0.39 is 0 Å². The van der Waals surface area contributed by atoms with Crippen LogP contribution in [-0.2, 0) is 0 Å². The van der Waals surface area contributed by atoms with Gasteiger partial charge in [-0.2, -0.15) is 0 Å². The largest absolute Gasteiger partial charge is 0.495 e. The van der Waals surface area contributed by atoms with E-state index in [1.807, 2.05) is 26.0 Å². The lowest BCUT2D eigenvalue weighted by atomic mass is 10.2. The van der Waals surface area contributed by atoms with E-state index in [9.17, 15) is 0 Å². The summed E-state index contributed by atoms with van der Waals surface area (Å²) in [5, 5.41) is 3.87. The second kappa shape index (κ2) is 6.28. The molecule has 0 aliphatic heterocycles. The molecule has 0 aliphatic carbocycles. The molecule has 1 aromatic heterocycles. The van der Waals surface area contributed by atoms with Gasteiger partial charge in [0.15, 0.2) is 0 Å². The monoisotopic (exact) mass is 321 g/mol. The molecule has 110 valence electrons. The number of benzene rings is 1. The topological polar surface area (TPSA) is 60.2 Å². The van der Waals surface area contributed by atoms with Gasteiger partial charge in [-0.15, -0.1) is 0 Å². The molecule has 0 saturated heterocycles. The average molecular weight is 322 g/mol. The molecule has 0 aliphatic rings. The van der Waals surface area contributed by atoms with Crippen LogP contribution in [0.2, 0.25) is 5.02 Å². The Balaban J connectivity index is 2.42. The maximum atomic E-state index is 6.10. The highest BCUT2D eigenvalue weighted by molar-refractivity contribution is 7.80. The van der Waals surface area contributed by atoms with Crippen molar-refractivity contribution in [2.45, 2.75) is 13.8 Å². The number of methoxy groups -OCH3 is 1. The van der Waals surface area contributed by atoms with Crippen LogP contribution in [0.3, 0.4) is 0 Å². The molecule has 0 radical (unpaired) electrons. The summed E-state index contributed by atoms with van der Waals surface area (Å²) in [6.07, 6.45) is 0. The summed E-state index contributed by atoms with van der Waals surface area (Å²) >= 11 is 11.1. The summed E-state index contributed by atoms with van der Waals surface area (Å²) in [6.45, 7) is 3.81. The third kappa shape index (κ3) is 3.62. The Morgan fingerprint density at radius 3 is 2.62 bits per heavy atom. The van der Waals surface area contributed by atoms with Crippen molar-refractivity contribution >= 4 is 40.3 Å². The molecule has 0 saturated carbocycles. The molecule has 1 aromatic carbocycles. The Labute approximate surface area is 134 Å². The molecular formula is C15H16ClN3OS. The number of nitrogens with two attached hydrogens (primary N) is 1. The Hall–Kier alpha value is -1.85. The third-order valence-electron chi connectivity index (χ3n) is 2.98. The molecule has 0 fully saturated rings. The summed E-state index contributed by atoms with van der Waals surface area (Å²) in [7, 11) is 1.59. The van der Waals surface area contributed by atoms with Crippen molar-refractivity contribution in [2.75, 3.05) is 12.4 Å². The van der Waals surface area contributed by atoms with Gasteiger partial charge in [-0.1, -0.05) is 23.8 Å². The van der Waals surface area contributed by atoms with Gasteiger partial charge >= 0.3 is 0 Å². The number of halogens is 1. The van der Waals surface area contributed by atoms with Crippen LogP contribution in [0.4, 0.5) is 11.5 Å². The maximum absolute atomic E-state index is 6.10. The highest BCUT2D eigenvalue weighted by atomic mass is 35.5. The number of thiocarbonyl (C=S) groups is 1. The van der Waals surface area contributed by atoms with E-state index >= 15 is 0 Å². The zero-order valence-electron chi connectivity index (χ0n) is 12.0. The SMILES string of the molecule is COc1cc(Cl)c(C)cc1Nc1cc(C(N)=S)cc(C)n1. The minimum absolute atomic E-state index is 0.336. The molecule has 2 rings (SSSR count). The molecule has 0 spiro atoms. The van der Waals surface area contributed by atoms with E-state index in [1.54, 1.807) is 19.2 Å². The van der Waals surface area contributed by atoms with Crippen molar-refractivity contribution in [3.05, 3.63) is 46.1 Å². The van der Waals surface area contributed by atoms with E-state index in [0.717, 1.165) is 22.5 Å². The average Bonchev–Trinajstić information content (AvgIpc) is 2.42. The lowest BCUT2D eigenvalue weighted by Crippen LogP contribution is -2.11. The quantitative estimate of drug-likeness (QED) is 0.840. The van der Waals surface area contributed by atoms with Gasteiger partial charge in [-0.05, 0) is 37.6 Å². The molecule has 0 atom stereocenters. The fourth-order valence-electron chi connectivity index (χ4n) is 1.94. The fraction of sp³-hybridized carbons (Fsp3) is 0.200. The molecule has 0 amide bonds. The number of hydrogen-bond donors (Lipinski definition) is 2. The normalized spacial score (nSPS) is 10.3. The maximum Gasteiger partial charge on any atom is 0.143 e. The highest BCUT2D eigenvalue weighted by Gasteiger charge is 2.09. The van der Waals surface area contributed by atoms with E-state index in [4.69, 9.17) is 34.3 Å². The van der Waals surface area contributed by atoms with Crippen LogP contribution in [0.15, 0.2) is 24.3 Å². The van der Waals surface area contributed by atoms with Gasteiger partial charge in [0.25, 0.3) is 0 Å². The molecule has 4 nitrogen and oxygen atoms in total. The Bertz CT molecular complexity index is 704. The first-order chi connectivity index (χ1) is 9.90. The van der Waals surface area contributed by atoms with Crippen LogP contribution in [-0.4, -0.2) is 17.1 Å². The molecule has 0 unspecified atom stereocenters. The minimum atomic E-state index is 0.336. The number of ether oxygens (including phenoxy) is 1. The molecule has 3 N–H and O–H groups in total. The number of nitrogens with one attached hydrogen (secondary N) is 1. The second-order valence-corrected chi connectivity index (χ2v) is 5.52. The van der Waals surface area contributed by atoms with Crippen molar-refractivity contribution in [3.63, 3.8) is 0 Å². The summed E-state index contributed by atoms with van der Waals surface area (Å²) in [4.78, 5) is 4.76. The van der Waals surface area contributed by atoms with Crippen LogP contribution in [0, 0.1) is 13.8 Å². The number of aryl methyl sites for hydroxylation is 2. The fourth-order valence-corrected chi connectivity index (χ4v) is 2.21. The van der Waals surface area contributed by atoms with Gasteiger partial charge in [0.05, 0.1) is 12.8 Å². The predicted molar refractivity (Wildman–Crippen MR) is 90.9 cm³/mol. The first kappa shape index (κ1) is 15.5. The smallest absolute Gasteiger partial charge is 0.143 e. The molecular weight excluding hydrogens is 306 g/mol. The summed E-state index contributed by atoms with van der Waals surface area (Å²) < 4.78 is 5.34. The molecule has 1 heterocycles. The van der Waals surface area contributed by atoms with Gasteiger partial charge in [0.2, 0.25) is 0 Å². The number of hydrogen-bond acceptors (Lipinski definition) is 4. The van der Waals surface area contributed by atoms with Gasteiger partial charge in [-0.25, -0.2) is 4.98 Å². The predicted octanol–water partition coefficient (Wildman–Crippen LogP) is 3.74. The zero-order chi connectivity index (χ0) is 15.6. The standard InChI is InChI=1S/C15H16ClN3OS/c1-8-4-12(13(20-3)7-11(8)16)19-14-6-10(15(17)21)5-9(2)18-14/h4-7H,1-3H3,(H2,17,21)(H,18,19). The number of pyridine rings is 1. The summed E-state index contributed by atoms with van der Waals surface area (Å²) in [5.74, 6) is 1.30. The first-order valence-corrected chi connectivity index (χ1v) is 7.09. The highest BCUT2D eigenvalue weighted by Crippen LogP contribution is 2.32. The Morgan fingerprint density at radius 1 is 1.29 bits per heavy atom. The molecule has 0 bridgehead atoms. The lowest BCUT2D eigenvalue weighted by molar-refractivity contribution is 0.416. The van der Waals surface area contributed by atoms with Crippen molar-refractivity contribution < 1.29 is 4.74 Å². The first-order valence-electron chi connectivity index (χ1n) is 6.30. The summed E-state index contributed by atoms with van der Waals surface area (Å²) in [6, 6.07) is 7.33. The number of rotatable bonds is 4. The van der Waals surface area contributed by atoms with Crippen molar-refractivity contribution in [1.82, 2.24) is 4.98 Å². The molecule has 6 heteroatoms. The van der Waals surface area contributed by atoms with Gasteiger partial charge in [0, 0.05) is 22.3 Å². The van der Waals surface area contributed by atoms with Gasteiger partial charge < -0.3 is 15.8 Å². The van der Waals surface area contributed by atoms with Crippen LogP contribution < -0.4 is 15.8 Å². The van der Waals surface area contributed by atoms with E-state index in [0.29, 0.717) is 21.6 Å². The Morgan fingerprint density at radius 2 is 2.00 bits per heavy atom. The van der Waals surface area contributed by atoms with E-state index in [2.05, 4.69) is 10.3 Å². The molecule has 2 aromatic rings. The van der Waals surface area contributed by atoms with Crippen molar-refractivity contribution in [2.24, 2.45) is 5.73 Å². The summed E-state index contributed by atoms with van der Waals surface area (Å²) in [5.41, 5.74) is 9.00. The number of nitrogens with zero attached hydrogens (tertiary/aromatic N) is 1. The number of aromatic nitrogens is 1. The van der Waals surface area contributed by atoms with Crippen LogP contribution >= 0.6 is 23.8 Å². The van der Waals surface area contributed by atoms with Crippen LogP contribution in [0.1, 0.15) is 16.8 Å². The van der Waals surface area contributed by atoms with Crippen molar-refractivity contribution in [3.8, 4) is 5.75 Å².